The molecule has 0 rings (SSSR count). The van der Waals surface area contributed by atoms with E-state index in [-0.39, 0.29) is 31.1 Å². The molecule has 1 unspecified atom stereocenters. The molecule has 0 bridgehead atoms. The Hall–Kier alpha value is -2.89. The first-order valence-electron chi connectivity index (χ1n) is 33.8. The molecule has 0 saturated carbocycles. The molecule has 0 aromatic rings. The Morgan fingerprint density at radius 1 is 0.273 bits per heavy atom. The highest BCUT2D eigenvalue weighted by Gasteiger charge is 2.19. The summed E-state index contributed by atoms with van der Waals surface area (Å²) in [5.41, 5.74) is 0. The molecule has 6 nitrogen and oxygen atoms in total. The monoisotopic (exact) mass is 1080 g/mol. The molecule has 6 heteroatoms. The van der Waals surface area contributed by atoms with Crippen molar-refractivity contribution in [2.45, 2.75) is 361 Å². The summed E-state index contributed by atoms with van der Waals surface area (Å²) in [5.74, 6) is -0.865. The van der Waals surface area contributed by atoms with Gasteiger partial charge in [-0.3, -0.25) is 14.4 Å². The second-order valence-corrected chi connectivity index (χ2v) is 22.7. The van der Waals surface area contributed by atoms with Crippen LogP contribution < -0.4 is 0 Å². The fraction of sp³-hybridized carbons (Fsp3) is 0.817. The molecule has 0 heterocycles. The fourth-order valence-electron chi connectivity index (χ4n) is 9.96. The number of carbonyl (C=O) groups is 3. The summed E-state index contributed by atoms with van der Waals surface area (Å²) < 4.78 is 16.9. The lowest BCUT2D eigenvalue weighted by Gasteiger charge is -2.18. The molecular weight excluding hydrogens is 949 g/mol. The highest BCUT2D eigenvalue weighted by Crippen LogP contribution is 2.18. The van der Waals surface area contributed by atoms with Crippen LogP contribution in [0.3, 0.4) is 0 Å². The molecule has 448 valence electrons. The SMILES string of the molecule is CC/C=C\C/C=C\C/C=C\CCCCCCCCCC(=O)OC(COC(=O)CCCCCCCCCCCCC)COC(=O)CCCCCCCCCCCCCCCCCCCCC/C=C\C/C=C\CCCCCCC. The second-order valence-electron chi connectivity index (χ2n) is 22.7. The van der Waals surface area contributed by atoms with Crippen LogP contribution in [0, 0.1) is 0 Å². The molecule has 0 radical (unpaired) electrons. The first-order valence-corrected chi connectivity index (χ1v) is 33.8. The third-order valence-electron chi connectivity index (χ3n) is 15.0. The molecule has 0 aliphatic heterocycles. The van der Waals surface area contributed by atoms with Crippen molar-refractivity contribution in [3.63, 3.8) is 0 Å². The van der Waals surface area contributed by atoms with Crippen molar-refractivity contribution in [1.29, 1.82) is 0 Å². The van der Waals surface area contributed by atoms with Crippen molar-refractivity contribution in [1.82, 2.24) is 0 Å². The summed E-state index contributed by atoms with van der Waals surface area (Å²) >= 11 is 0. The summed E-state index contributed by atoms with van der Waals surface area (Å²) in [7, 11) is 0. The number of carbonyl (C=O) groups excluding carboxylic acids is 3. The van der Waals surface area contributed by atoms with E-state index in [0.717, 1.165) is 89.9 Å². The molecule has 0 spiro atoms. The number of rotatable bonds is 62. The van der Waals surface area contributed by atoms with Gasteiger partial charge in [0.2, 0.25) is 0 Å². The van der Waals surface area contributed by atoms with Crippen LogP contribution in [-0.2, 0) is 28.6 Å². The number of hydrogen-bond donors (Lipinski definition) is 0. The van der Waals surface area contributed by atoms with E-state index in [9.17, 15) is 14.4 Å². The van der Waals surface area contributed by atoms with Crippen molar-refractivity contribution in [2.75, 3.05) is 13.2 Å². The molecule has 0 aromatic carbocycles. The number of hydrogen-bond acceptors (Lipinski definition) is 6. The molecule has 0 aromatic heterocycles. The molecule has 0 saturated heterocycles. The van der Waals surface area contributed by atoms with E-state index in [1.807, 2.05) is 0 Å². The lowest BCUT2D eigenvalue weighted by atomic mass is 10.0. The van der Waals surface area contributed by atoms with Gasteiger partial charge in [0, 0.05) is 19.3 Å². The van der Waals surface area contributed by atoms with Gasteiger partial charge in [-0.25, -0.2) is 0 Å². The van der Waals surface area contributed by atoms with Crippen LogP contribution in [0.15, 0.2) is 60.8 Å². The first kappa shape index (κ1) is 74.1. The van der Waals surface area contributed by atoms with E-state index < -0.39 is 6.10 Å². The molecule has 0 aliphatic carbocycles. The smallest absolute Gasteiger partial charge is 0.306 e. The minimum atomic E-state index is -0.777. The van der Waals surface area contributed by atoms with Crippen LogP contribution in [0.1, 0.15) is 355 Å². The Morgan fingerprint density at radius 3 is 0.792 bits per heavy atom. The molecule has 0 amide bonds. The zero-order valence-corrected chi connectivity index (χ0v) is 51.5. The predicted molar refractivity (Wildman–Crippen MR) is 335 cm³/mol. The number of allylic oxidation sites excluding steroid dienone is 10. The minimum Gasteiger partial charge on any atom is -0.462 e. The molecular formula is C71H128O6. The molecule has 1 atom stereocenters. The van der Waals surface area contributed by atoms with Gasteiger partial charge in [0.25, 0.3) is 0 Å². The van der Waals surface area contributed by atoms with Gasteiger partial charge >= 0.3 is 17.9 Å². The Bertz CT molecular complexity index is 1380. The maximum Gasteiger partial charge on any atom is 0.306 e. The van der Waals surface area contributed by atoms with Gasteiger partial charge in [-0.15, -0.1) is 0 Å². The highest BCUT2D eigenvalue weighted by molar-refractivity contribution is 5.71. The van der Waals surface area contributed by atoms with Gasteiger partial charge in [-0.1, -0.05) is 313 Å². The Morgan fingerprint density at radius 2 is 0.506 bits per heavy atom. The molecule has 0 aliphatic rings. The Labute approximate surface area is 479 Å². The molecule has 0 fully saturated rings. The summed E-state index contributed by atoms with van der Waals surface area (Å²) in [6, 6.07) is 0. The maximum atomic E-state index is 12.9. The van der Waals surface area contributed by atoms with Crippen LogP contribution in [0.2, 0.25) is 0 Å². The third kappa shape index (κ3) is 63.8. The second kappa shape index (κ2) is 65.6. The van der Waals surface area contributed by atoms with E-state index in [1.165, 1.54) is 225 Å². The fourth-order valence-corrected chi connectivity index (χ4v) is 9.96. The van der Waals surface area contributed by atoms with Gasteiger partial charge in [-0.05, 0) is 83.5 Å². The van der Waals surface area contributed by atoms with E-state index in [1.54, 1.807) is 0 Å². The normalized spacial score (nSPS) is 12.4. The summed E-state index contributed by atoms with van der Waals surface area (Å²) in [5, 5.41) is 0. The van der Waals surface area contributed by atoms with Crippen molar-refractivity contribution in [2.24, 2.45) is 0 Å². The number of ether oxygens (including phenoxy) is 3. The van der Waals surface area contributed by atoms with Crippen LogP contribution in [0.4, 0.5) is 0 Å². The van der Waals surface area contributed by atoms with E-state index >= 15 is 0 Å². The predicted octanol–water partition coefficient (Wildman–Crippen LogP) is 23.1. The van der Waals surface area contributed by atoms with Gasteiger partial charge < -0.3 is 14.2 Å². The zero-order valence-electron chi connectivity index (χ0n) is 51.5. The topological polar surface area (TPSA) is 78.9 Å². The number of unbranched alkanes of at least 4 members (excludes halogenated alkanes) is 41. The van der Waals surface area contributed by atoms with Gasteiger partial charge in [0.1, 0.15) is 13.2 Å². The van der Waals surface area contributed by atoms with Crippen molar-refractivity contribution < 1.29 is 28.6 Å². The molecule has 77 heavy (non-hydrogen) atoms. The van der Waals surface area contributed by atoms with E-state index in [2.05, 4.69) is 81.5 Å². The van der Waals surface area contributed by atoms with Crippen LogP contribution in [0.25, 0.3) is 0 Å². The third-order valence-corrected chi connectivity index (χ3v) is 15.0. The minimum absolute atomic E-state index is 0.0738. The number of esters is 3. The van der Waals surface area contributed by atoms with Crippen LogP contribution in [0.5, 0.6) is 0 Å². The largest absolute Gasteiger partial charge is 0.462 e. The van der Waals surface area contributed by atoms with Crippen LogP contribution >= 0.6 is 0 Å². The summed E-state index contributed by atoms with van der Waals surface area (Å²) in [6.45, 7) is 6.55. The first-order chi connectivity index (χ1) is 38.0. The standard InChI is InChI=1S/C71H128O6/c1-4-7-10-13-16-19-22-24-26-28-29-30-31-32-33-34-35-36-37-38-39-40-41-43-44-46-49-52-55-58-61-64-70(73)76-67-68(66-75-69(72)63-60-57-54-51-48-21-18-15-12-9-6-3)77-71(74)65-62-59-56-53-50-47-45-42-27-25-23-20-17-14-11-8-5-2/h8,11,17,20,22,24-25,27-29,68H,4-7,9-10,12-16,18-19,21,23,26,30-67H2,1-3H3/b11-8-,20-17-,24-22-,27-25-,29-28-. The Kier molecular flexibility index (Phi) is 63.2. The van der Waals surface area contributed by atoms with Crippen molar-refractivity contribution in [3.8, 4) is 0 Å². The average molecular weight is 1080 g/mol. The van der Waals surface area contributed by atoms with E-state index in [4.69, 9.17) is 14.2 Å². The zero-order chi connectivity index (χ0) is 55.7. The van der Waals surface area contributed by atoms with Gasteiger partial charge in [0.05, 0.1) is 0 Å². The quantitative estimate of drug-likeness (QED) is 0.0261. The lowest BCUT2D eigenvalue weighted by Crippen LogP contribution is -2.30. The maximum absolute atomic E-state index is 12.9. The average Bonchev–Trinajstić information content (AvgIpc) is 3.43. The summed E-state index contributed by atoms with van der Waals surface area (Å²) in [4.78, 5) is 38.3. The Balaban J connectivity index is 4.12. The van der Waals surface area contributed by atoms with Crippen LogP contribution in [-0.4, -0.2) is 37.2 Å². The van der Waals surface area contributed by atoms with E-state index in [0.29, 0.717) is 19.3 Å². The van der Waals surface area contributed by atoms with Gasteiger partial charge in [0.15, 0.2) is 6.10 Å². The summed E-state index contributed by atoms with van der Waals surface area (Å²) in [6.07, 6.45) is 84.0. The highest BCUT2D eigenvalue weighted by atomic mass is 16.6. The van der Waals surface area contributed by atoms with Gasteiger partial charge in [-0.2, -0.15) is 0 Å². The lowest BCUT2D eigenvalue weighted by molar-refractivity contribution is -0.167. The van der Waals surface area contributed by atoms with Crippen molar-refractivity contribution in [3.05, 3.63) is 60.8 Å². The van der Waals surface area contributed by atoms with Crippen molar-refractivity contribution >= 4 is 17.9 Å². The molecule has 0 N–H and O–H groups in total.